The molecular weight excluding hydrogens is 324 g/mol. The molecule has 4 heteroatoms. The van der Waals surface area contributed by atoms with E-state index in [9.17, 15) is 4.79 Å². The Morgan fingerprint density at radius 2 is 2.16 bits per heavy atom. The first kappa shape index (κ1) is 14.3. The number of hydrogen-bond donors (Lipinski definition) is 0. The van der Waals surface area contributed by atoms with Crippen molar-refractivity contribution in [2.75, 3.05) is 6.61 Å². The molecule has 100 valence electrons. The van der Waals surface area contributed by atoms with Gasteiger partial charge in [0.2, 0.25) is 5.78 Å². The first-order valence-corrected chi connectivity index (χ1v) is 7.74. The van der Waals surface area contributed by atoms with E-state index in [1.807, 2.05) is 29.6 Å². The van der Waals surface area contributed by atoms with E-state index in [0.717, 1.165) is 10.2 Å². The highest BCUT2D eigenvalue weighted by Crippen LogP contribution is 2.24. The van der Waals surface area contributed by atoms with Crippen LogP contribution in [0.25, 0.3) is 0 Å². The summed E-state index contributed by atoms with van der Waals surface area (Å²) in [4.78, 5) is 12.7. The highest BCUT2D eigenvalue weighted by atomic mass is 79.9. The Morgan fingerprint density at radius 3 is 2.79 bits per heavy atom. The highest BCUT2D eigenvalue weighted by Gasteiger charge is 2.12. The molecule has 1 aromatic heterocycles. The van der Waals surface area contributed by atoms with E-state index in [4.69, 9.17) is 4.74 Å². The molecule has 0 aliphatic carbocycles. The lowest BCUT2D eigenvalue weighted by Crippen LogP contribution is -2.10. The molecule has 0 aliphatic rings. The molecule has 0 spiro atoms. The average molecular weight is 339 g/mol. The third-order valence-electron chi connectivity index (χ3n) is 2.77. The predicted molar refractivity (Wildman–Crippen MR) is 82.4 cm³/mol. The van der Waals surface area contributed by atoms with Crippen LogP contribution in [0.5, 0.6) is 5.75 Å². The van der Waals surface area contributed by atoms with Crippen LogP contribution in [0.15, 0.2) is 40.2 Å². The van der Waals surface area contributed by atoms with Gasteiger partial charge in [0, 0.05) is 4.47 Å². The molecule has 1 aromatic carbocycles. The van der Waals surface area contributed by atoms with E-state index in [0.29, 0.717) is 10.8 Å². The number of Topliss-reactive ketones (excluding diaryl/α,β-unsaturated/α-hetero) is 1. The number of halogens is 1. The van der Waals surface area contributed by atoms with Gasteiger partial charge in [-0.3, -0.25) is 4.79 Å². The number of carbonyl (C=O) groups is 1. The number of rotatable bonds is 5. The summed E-state index contributed by atoms with van der Waals surface area (Å²) in [7, 11) is 0. The maximum Gasteiger partial charge on any atom is 0.211 e. The Labute approximate surface area is 125 Å². The molecule has 2 rings (SSSR count). The minimum Gasteiger partial charge on any atom is -0.485 e. The molecule has 0 N–H and O–H groups in total. The average Bonchev–Trinajstić information content (AvgIpc) is 2.82. The summed E-state index contributed by atoms with van der Waals surface area (Å²) in [5, 5.41) is 1.89. The molecular formula is C15H15BrO2S. The van der Waals surface area contributed by atoms with E-state index in [1.165, 1.54) is 16.9 Å². The van der Waals surface area contributed by atoms with Crippen molar-refractivity contribution in [3.05, 3.63) is 50.6 Å². The van der Waals surface area contributed by atoms with Gasteiger partial charge in [-0.1, -0.05) is 26.0 Å². The third-order valence-corrected chi connectivity index (χ3v) is 4.64. The normalized spacial score (nSPS) is 10.7. The molecule has 2 aromatic rings. The monoisotopic (exact) mass is 338 g/mol. The topological polar surface area (TPSA) is 26.3 Å². The van der Waals surface area contributed by atoms with Gasteiger partial charge in [-0.25, -0.2) is 0 Å². The van der Waals surface area contributed by atoms with Crippen molar-refractivity contribution in [3.63, 3.8) is 0 Å². The second-order valence-corrected chi connectivity index (χ2v) is 6.31. The van der Waals surface area contributed by atoms with Crippen molar-refractivity contribution in [1.82, 2.24) is 0 Å². The number of hydrogen-bond acceptors (Lipinski definition) is 3. The number of thiophene rings is 1. The van der Waals surface area contributed by atoms with Crippen LogP contribution in [-0.4, -0.2) is 12.4 Å². The number of carbonyl (C=O) groups excluding carboxylic acids is 1. The SMILES string of the molecule is CC(C)c1cccc(OCC(=O)c2sccc2Br)c1. The fourth-order valence-electron chi connectivity index (χ4n) is 1.67. The van der Waals surface area contributed by atoms with Crippen LogP contribution in [0.4, 0.5) is 0 Å². The van der Waals surface area contributed by atoms with Crippen molar-refractivity contribution in [2.45, 2.75) is 19.8 Å². The Bertz CT molecular complexity index is 575. The summed E-state index contributed by atoms with van der Waals surface area (Å²) >= 11 is 4.78. The highest BCUT2D eigenvalue weighted by molar-refractivity contribution is 9.10. The Hall–Kier alpha value is -1.13. The van der Waals surface area contributed by atoms with Crippen molar-refractivity contribution >= 4 is 33.0 Å². The lowest BCUT2D eigenvalue weighted by Gasteiger charge is -2.09. The quantitative estimate of drug-likeness (QED) is 0.725. The predicted octanol–water partition coefficient (Wildman–Crippen LogP) is 4.90. The molecule has 1 heterocycles. The van der Waals surface area contributed by atoms with Gasteiger partial charge >= 0.3 is 0 Å². The van der Waals surface area contributed by atoms with Gasteiger partial charge in [-0.2, -0.15) is 0 Å². The van der Waals surface area contributed by atoms with E-state index < -0.39 is 0 Å². The first-order valence-electron chi connectivity index (χ1n) is 6.07. The molecule has 0 amide bonds. The van der Waals surface area contributed by atoms with Gasteiger partial charge in [0.05, 0.1) is 4.88 Å². The summed E-state index contributed by atoms with van der Waals surface area (Å²) in [5.41, 5.74) is 1.21. The summed E-state index contributed by atoms with van der Waals surface area (Å²) in [6.45, 7) is 4.33. The minimum absolute atomic E-state index is 0.00294. The molecule has 0 aliphatic heterocycles. The van der Waals surface area contributed by atoms with Crippen LogP contribution in [-0.2, 0) is 0 Å². The largest absolute Gasteiger partial charge is 0.485 e. The van der Waals surface area contributed by atoms with Crippen LogP contribution in [0, 0.1) is 0 Å². The fraction of sp³-hybridized carbons (Fsp3) is 0.267. The Balaban J connectivity index is 2.01. The molecule has 0 radical (unpaired) electrons. The molecule has 0 bridgehead atoms. The summed E-state index contributed by atoms with van der Waals surface area (Å²) in [5.74, 6) is 1.19. The summed E-state index contributed by atoms with van der Waals surface area (Å²) < 4.78 is 6.41. The van der Waals surface area contributed by atoms with E-state index in [2.05, 4.69) is 35.8 Å². The second kappa shape index (κ2) is 6.35. The first-order chi connectivity index (χ1) is 9.08. The summed E-state index contributed by atoms with van der Waals surface area (Å²) in [6, 6.07) is 9.76. The van der Waals surface area contributed by atoms with Gasteiger partial charge in [0.25, 0.3) is 0 Å². The van der Waals surface area contributed by atoms with Crippen LogP contribution in [0.1, 0.15) is 35.0 Å². The summed E-state index contributed by atoms with van der Waals surface area (Å²) in [6.07, 6.45) is 0. The molecule has 0 saturated carbocycles. The molecule has 0 unspecified atom stereocenters. The number of benzene rings is 1. The lowest BCUT2D eigenvalue weighted by molar-refractivity contribution is 0.0925. The fourth-order valence-corrected chi connectivity index (χ4v) is 3.19. The molecule has 0 saturated heterocycles. The van der Waals surface area contributed by atoms with Crippen LogP contribution in [0.2, 0.25) is 0 Å². The van der Waals surface area contributed by atoms with Crippen molar-refractivity contribution in [2.24, 2.45) is 0 Å². The van der Waals surface area contributed by atoms with E-state index in [1.54, 1.807) is 0 Å². The molecule has 2 nitrogen and oxygen atoms in total. The Morgan fingerprint density at radius 1 is 1.37 bits per heavy atom. The van der Waals surface area contributed by atoms with Crippen LogP contribution in [0.3, 0.4) is 0 Å². The van der Waals surface area contributed by atoms with Gasteiger partial charge in [0.1, 0.15) is 5.75 Å². The molecule has 0 fully saturated rings. The molecule has 19 heavy (non-hydrogen) atoms. The van der Waals surface area contributed by atoms with Crippen LogP contribution >= 0.6 is 27.3 Å². The maximum atomic E-state index is 12.0. The number of ether oxygens (including phenoxy) is 1. The van der Waals surface area contributed by atoms with Gasteiger partial charge in [0.15, 0.2) is 6.61 Å². The van der Waals surface area contributed by atoms with Crippen molar-refractivity contribution in [1.29, 1.82) is 0 Å². The van der Waals surface area contributed by atoms with Gasteiger partial charge in [-0.05, 0) is 51.0 Å². The zero-order valence-electron chi connectivity index (χ0n) is 10.9. The second-order valence-electron chi connectivity index (χ2n) is 4.54. The smallest absolute Gasteiger partial charge is 0.211 e. The number of ketones is 1. The maximum absolute atomic E-state index is 12.0. The lowest BCUT2D eigenvalue weighted by atomic mass is 10.0. The van der Waals surface area contributed by atoms with Gasteiger partial charge < -0.3 is 4.74 Å². The minimum atomic E-state index is -0.00294. The zero-order valence-corrected chi connectivity index (χ0v) is 13.3. The van der Waals surface area contributed by atoms with Crippen molar-refractivity contribution in [3.8, 4) is 5.75 Å². The van der Waals surface area contributed by atoms with Crippen LogP contribution < -0.4 is 4.74 Å². The van der Waals surface area contributed by atoms with Crippen molar-refractivity contribution < 1.29 is 9.53 Å². The van der Waals surface area contributed by atoms with E-state index >= 15 is 0 Å². The van der Waals surface area contributed by atoms with Gasteiger partial charge in [-0.15, -0.1) is 11.3 Å². The molecule has 0 atom stereocenters. The third kappa shape index (κ3) is 3.67. The Kier molecular flexibility index (Phi) is 4.77. The standard InChI is InChI=1S/C15H15BrO2S/c1-10(2)11-4-3-5-12(8-11)18-9-14(17)15-13(16)6-7-19-15/h3-8,10H,9H2,1-2H3. The van der Waals surface area contributed by atoms with E-state index in [-0.39, 0.29) is 12.4 Å². The zero-order chi connectivity index (χ0) is 13.8.